The lowest BCUT2D eigenvalue weighted by atomic mass is 10.0. The molecule has 2 atom stereocenters. The summed E-state index contributed by atoms with van der Waals surface area (Å²) in [6.45, 7) is 0. The molecular weight excluding hydrogens is 303 g/mol. The molecule has 3 rings (SSSR count). The van der Waals surface area contributed by atoms with E-state index in [1.165, 1.54) is 18.2 Å². The molecule has 2 heterocycles. The van der Waals surface area contributed by atoms with Gasteiger partial charge in [-0.1, -0.05) is 6.07 Å². The van der Waals surface area contributed by atoms with Crippen LogP contribution in [-0.4, -0.2) is 26.5 Å². The van der Waals surface area contributed by atoms with Crippen molar-refractivity contribution in [1.29, 1.82) is 0 Å². The molecule has 7 heteroatoms. The van der Waals surface area contributed by atoms with Crippen molar-refractivity contribution in [3.05, 3.63) is 30.1 Å². The van der Waals surface area contributed by atoms with Gasteiger partial charge in [0.2, 0.25) is 10.0 Å². The minimum atomic E-state index is -3.62. The zero-order valence-corrected chi connectivity index (χ0v) is 12.5. The first-order chi connectivity index (χ1) is 9.03. The van der Waals surface area contributed by atoms with Gasteiger partial charge in [0.15, 0.2) is 0 Å². The molecule has 2 unspecified atom stereocenters. The molecule has 0 aliphatic carbocycles. The fourth-order valence-corrected chi connectivity index (χ4v) is 4.37. The molecule has 1 aromatic carbocycles. The van der Waals surface area contributed by atoms with E-state index in [1.54, 1.807) is 0 Å². The third-order valence-electron chi connectivity index (χ3n) is 3.90. The van der Waals surface area contributed by atoms with E-state index in [-0.39, 0.29) is 23.3 Å². The summed E-state index contributed by atoms with van der Waals surface area (Å²) >= 11 is 0. The highest BCUT2D eigenvalue weighted by atomic mass is 35.5. The molecule has 4 nitrogen and oxygen atoms in total. The van der Waals surface area contributed by atoms with Crippen LogP contribution in [0.3, 0.4) is 0 Å². The fourth-order valence-electron chi connectivity index (χ4n) is 3.08. The number of hydrogen-bond donors (Lipinski definition) is 2. The summed E-state index contributed by atoms with van der Waals surface area (Å²) < 4.78 is 40.2. The second kappa shape index (κ2) is 5.97. The Kier molecular flexibility index (Phi) is 4.69. The molecule has 2 aliphatic heterocycles. The first-order valence-corrected chi connectivity index (χ1v) is 8.05. The van der Waals surface area contributed by atoms with E-state index in [0.717, 1.165) is 31.7 Å². The number of piperidine rings is 1. The van der Waals surface area contributed by atoms with Crippen molar-refractivity contribution in [3.63, 3.8) is 0 Å². The molecule has 0 amide bonds. The zero-order valence-electron chi connectivity index (χ0n) is 10.9. The summed E-state index contributed by atoms with van der Waals surface area (Å²) in [5.41, 5.74) is 0. The van der Waals surface area contributed by atoms with Crippen LogP contribution in [0.4, 0.5) is 4.39 Å². The van der Waals surface area contributed by atoms with E-state index in [9.17, 15) is 12.8 Å². The molecule has 2 saturated heterocycles. The smallest absolute Gasteiger partial charge is 0.240 e. The number of halogens is 2. The summed E-state index contributed by atoms with van der Waals surface area (Å²) in [4.78, 5) is -0.00150. The van der Waals surface area contributed by atoms with Crippen molar-refractivity contribution in [2.24, 2.45) is 0 Å². The Balaban J connectivity index is 0.00000147. The molecule has 112 valence electrons. The van der Waals surface area contributed by atoms with Gasteiger partial charge in [0, 0.05) is 18.1 Å². The van der Waals surface area contributed by atoms with Crippen molar-refractivity contribution >= 4 is 22.4 Å². The van der Waals surface area contributed by atoms with Crippen LogP contribution >= 0.6 is 12.4 Å². The maximum atomic E-state index is 13.1. The minimum Gasteiger partial charge on any atom is -0.311 e. The van der Waals surface area contributed by atoms with Crippen LogP contribution in [-0.2, 0) is 10.0 Å². The van der Waals surface area contributed by atoms with Gasteiger partial charge in [-0.15, -0.1) is 12.4 Å². The molecule has 2 bridgehead atoms. The van der Waals surface area contributed by atoms with E-state index in [0.29, 0.717) is 12.1 Å². The van der Waals surface area contributed by atoms with Crippen LogP contribution in [0.25, 0.3) is 0 Å². The number of sulfonamides is 1. The molecule has 2 aliphatic rings. The van der Waals surface area contributed by atoms with Gasteiger partial charge in [0.25, 0.3) is 0 Å². The largest absolute Gasteiger partial charge is 0.311 e. The molecular formula is C13H18ClFN2O2S. The van der Waals surface area contributed by atoms with Gasteiger partial charge in [-0.3, -0.25) is 0 Å². The lowest BCUT2D eigenvalue weighted by Gasteiger charge is -2.29. The lowest BCUT2D eigenvalue weighted by Crippen LogP contribution is -2.47. The van der Waals surface area contributed by atoms with Crippen LogP contribution in [0, 0.1) is 5.82 Å². The van der Waals surface area contributed by atoms with E-state index < -0.39 is 15.8 Å². The standard InChI is InChI=1S/C13H17FN2O2S.ClH/c14-9-2-1-3-13(6-9)19(17,18)16-12-7-10-4-5-11(8-12)15-10;/h1-3,6,10-12,15-16H,4-5,7-8H2;1H. The Morgan fingerprint density at radius 3 is 2.45 bits per heavy atom. The topological polar surface area (TPSA) is 58.2 Å². The predicted octanol–water partition coefficient (Wildman–Crippen LogP) is 1.81. The van der Waals surface area contributed by atoms with Gasteiger partial charge in [-0.2, -0.15) is 0 Å². The van der Waals surface area contributed by atoms with E-state index in [4.69, 9.17) is 0 Å². The minimum absolute atomic E-state index is 0. The van der Waals surface area contributed by atoms with Crippen LogP contribution in [0.15, 0.2) is 29.2 Å². The highest BCUT2D eigenvalue weighted by Crippen LogP contribution is 2.27. The van der Waals surface area contributed by atoms with Gasteiger partial charge >= 0.3 is 0 Å². The lowest BCUT2D eigenvalue weighted by molar-refractivity contribution is 0.345. The average molecular weight is 321 g/mol. The summed E-state index contributed by atoms with van der Waals surface area (Å²) in [6.07, 6.45) is 3.85. The van der Waals surface area contributed by atoms with E-state index in [2.05, 4.69) is 10.0 Å². The van der Waals surface area contributed by atoms with Gasteiger partial charge in [0.1, 0.15) is 5.82 Å². The second-order valence-electron chi connectivity index (χ2n) is 5.38. The predicted molar refractivity (Wildman–Crippen MR) is 76.9 cm³/mol. The monoisotopic (exact) mass is 320 g/mol. The van der Waals surface area contributed by atoms with Crippen LogP contribution < -0.4 is 10.0 Å². The average Bonchev–Trinajstić information content (AvgIpc) is 2.68. The molecule has 20 heavy (non-hydrogen) atoms. The molecule has 2 fully saturated rings. The van der Waals surface area contributed by atoms with Crippen LogP contribution in [0.5, 0.6) is 0 Å². The molecule has 1 aromatic rings. The molecule has 2 N–H and O–H groups in total. The summed E-state index contributed by atoms with van der Waals surface area (Å²) in [7, 11) is -3.62. The van der Waals surface area contributed by atoms with Crippen molar-refractivity contribution in [2.45, 2.75) is 48.7 Å². The zero-order chi connectivity index (χ0) is 13.5. The van der Waals surface area contributed by atoms with Gasteiger partial charge in [-0.05, 0) is 43.9 Å². The summed E-state index contributed by atoms with van der Waals surface area (Å²) in [6, 6.07) is 5.91. The highest BCUT2D eigenvalue weighted by Gasteiger charge is 2.35. The van der Waals surface area contributed by atoms with E-state index >= 15 is 0 Å². The van der Waals surface area contributed by atoms with Gasteiger partial charge in [0.05, 0.1) is 4.90 Å². The molecule has 0 spiro atoms. The fraction of sp³-hybridized carbons (Fsp3) is 0.538. The summed E-state index contributed by atoms with van der Waals surface area (Å²) in [5, 5.41) is 3.46. The first-order valence-electron chi connectivity index (χ1n) is 6.57. The van der Waals surface area contributed by atoms with E-state index in [1.807, 2.05) is 0 Å². The third-order valence-corrected chi connectivity index (χ3v) is 5.42. The number of nitrogens with one attached hydrogen (secondary N) is 2. The number of hydrogen-bond acceptors (Lipinski definition) is 3. The second-order valence-corrected chi connectivity index (χ2v) is 7.10. The van der Waals surface area contributed by atoms with Crippen molar-refractivity contribution in [1.82, 2.24) is 10.0 Å². The Hall–Kier alpha value is -0.690. The third kappa shape index (κ3) is 3.31. The normalized spacial score (nSPS) is 28.9. The highest BCUT2D eigenvalue weighted by molar-refractivity contribution is 7.89. The van der Waals surface area contributed by atoms with Gasteiger partial charge < -0.3 is 5.32 Å². The Bertz CT molecular complexity index is 569. The SMILES string of the molecule is Cl.O=S(=O)(NC1CC2CCC(C1)N2)c1cccc(F)c1. The maximum Gasteiger partial charge on any atom is 0.240 e. The summed E-state index contributed by atoms with van der Waals surface area (Å²) in [5.74, 6) is -0.534. The van der Waals surface area contributed by atoms with Crippen molar-refractivity contribution < 1.29 is 12.8 Å². The van der Waals surface area contributed by atoms with Crippen LogP contribution in [0.2, 0.25) is 0 Å². The van der Waals surface area contributed by atoms with Crippen LogP contribution in [0.1, 0.15) is 25.7 Å². The Morgan fingerprint density at radius 2 is 1.85 bits per heavy atom. The first kappa shape index (κ1) is 15.7. The Labute approximate surface area is 124 Å². The Morgan fingerprint density at radius 1 is 1.20 bits per heavy atom. The molecule has 0 aromatic heterocycles. The quantitative estimate of drug-likeness (QED) is 0.893. The molecule has 0 radical (unpaired) electrons. The molecule has 0 saturated carbocycles. The number of rotatable bonds is 3. The van der Waals surface area contributed by atoms with Crippen molar-refractivity contribution in [2.75, 3.05) is 0 Å². The number of fused-ring (bicyclic) bond motifs is 2. The number of benzene rings is 1. The maximum absolute atomic E-state index is 13.1. The van der Waals surface area contributed by atoms with Crippen molar-refractivity contribution in [3.8, 4) is 0 Å². The van der Waals surface area contributed by atoms with Gasteiger partial charge in [-0.25, -0.2) is 17.5 Å².